The molecule has 228 valence electrons. The van der Waals surface area contributed by atoms with Gasteiger partial charge in [0, 0.05) is 24.5 Å². The topological polar surface area (TPSA) is 135 Å². The Morgan fingerprint density at radius 3 is 2.32 bits per heavy atom. The Kier molecular flexibility index (Phi) is 7.80. The minimum Gasteiger partial charge on any atom is -0.350 e. The van der Waals surface area contributed by atoms with E-state index in [1.807, 2.05) is 13.8 Å². The maximum Gasteiger partial charge on any atom is 0.406 e. The number of nitrogens with zero attached hydrogens (tertiary/aromatic N) is 3. The van der Waals surface area contributed by atoms with Gasteiger partial charge in [0.25, 0.3) is 0 Å². The van der Waals surface area contributed by atoms with E-state index in [1.165, 1.54) is 11.8 Å². The number of alkyl halides is 3. The Morgan fingerprint density at radius 2 is 1.83 bits per heavy atom. The van der Waals surface area contributed by atoms with Crippen LogP contribution in [0.4, 0.5) is 18.0 Å². The highest BCUT2D eigenvalue weighted by molar-refractivity contribution is 5.94. The second kappa shape index (κ2) is 10.3. The number of likely N-dealkylation sites (tertiary alicyclic amines) is 1. The van der Waals surface area contributed by atoms with Crippen molar-refractivity contribution in [1.82, 2.24) is 25.8 Å². The van der Waals surface area contributed by atoms with Crippen LogP contribution in [-0.4, -0.2) is 83.0 Å². The van der Waals surface area contributed by atoms with Crippen LogP contribution in [0.2, 0.25) is 0 Å². The molecule has 5 amide bonds. The molecule has 0 aromatic carbocycles. The average molecular weight is 583 g/mol. The highest BCUT2D eigenvalue weighted by atomic mass is 19.4. The lowest BCUT2D eigenvalue weighted by molar-refractivity contribution is -0.144. The number of carbonyl (C=O) groups excluding carboxylic acids is 4. The van der Waals surface area contributed by atoms with E-state index >= 15 is 0 Å². The normalized spacial score (nSPS) is 28.7. The first kappa shape index (κ1) is 30.9. The van der Waals surface area contributed by atoms with E-state index in [0.717, 1.165) is 12.8 Å². The van der Waals surface area contributed by atoms with Crippen molar-refractivity contribution in [1.29, 1.82) is 5.26 Å². The number of carbonyl (C=O) groups is 4. The molecule has 2 saturated heterocycles. The Labute approximate surface area is 238 Å². The van der Waals surface area contributed by atoms with Gasteiger partial charge < -0.3 is 25.8 Å². The molecular formula is C28H41F3N6O4. The van der Waals surface area contributed by atoms with Gasteiger partial charge in [-0.2, -0.15) is 18.4 Å². The van der Waals surface area contributed by atoms with Crippen LogP contribution in [-0.2, 0) is 14.4 Å². The van der Waals surface area contributed by atoms with Gasteiger partial charge >= 0.3 is 12.2 Å². The maximum absolute atomic E-state index is 13.9. The fourth-order valence-corrected chi connectivity index (χ4v) is 6.72. The molecular weight excluding hydrogens is 541 g/mol. The predicted molar refractivity (Wildman–Crippen MR) is 142 cm³/mol. The fourth-order valence-electron chi connectivity index (χ4n) is 6.72. The van der Waals surface area contributed by atoms with Gasteiger partial charge in [0.1, 0.15) is 24.7 Å². The van der Waals surface area contributed by atoms with Gasteiger partial charge in [-0.15, -0.1) is 0 Å². The Hall–Kier alpha value is -3.04. The molecule has 3 N–H and O–H groups in total. The standard InChI is InChI=1S/C28H41F3N6O4/c1-7-36(14-28(29,30)31)24(41)34-20(25(2,3)4)23(40)37-13-17-18(26(17,5)6)19(37)22(39)33-16(12-32)10-15-11-27(8-9-27)35-21(15)38/h15-20H,7-11,13-14H2,1-6H3,(H,33,39)(H,34,41)(H,35,38). The van der Waals surface area contributed by atoms with E-state index in [1.54, 1.807) is 20.8 Å². The molecule has 0 bridgehead atoms. The first-order valence-electron chi connectivity index (χ1n) is 14.3. The molecule has 4 rings (SSSR count). The Morgan fingerprint density at radius 1 is 1.20 bits per heavy atom. The van der Waals surface area contributed by atoms with Gasteiger partial charge in [-0.1, -0.05) is 34.6 Å². The van der Waals surface area contributed by atoms with Crippen LogP contribution in [0.3, 0.4) is 0 Å². The molecule has 0 aromatic rings. The minimum absolute atomic E-state index is 0.0201. The predicted octanol–water partition coefficient (Wildman–Crippen LogP) is 2.55. The summed E-state index contributed by atoms with van der Waals surface area (Å²) in [5.74, 6) is -1.72. The van der Waals surface area contributed by atoms with Gasteiger partial charge in [-0.3, -0.25) is 14.4 Å². The van der Waals surface area contributed by atoms with E-state index in [2.05, 4.69) is 22.0 Å². The molecule has 13 heteroatoms. The number of nitrogens with one attached hydrogen (secondary N) is 3. The maximum atomic E-state index is 13.9. The fraction of sp³-hybridized carbons (Fsp3) is 0.821. The summed E-state index contributed by atoms with van der Waals surface area (Å²) in [5, 5.41) is 18.1. The third kappa shape index (κ3) is 6.26. The molecule has 2 saturated carbocycles. The molecule has 6 unspecified atom stereocenters. The van der Waals surface area contributed by atoms with Gasteiger partial charge in [0.2, 0.25) is 17.7 Å². The van der Waals surface area contributed by atoms with Crippen molar-refractivity contribution in [3.8, 4) is 6.07 Å². The zero-order valence-electron chi connectivity index (χ0n) is 24.5. The Bertz CT molecular complexity index is 1140. The molecule has 10 nitrogen and oxygen atoms in total. The van der Waals surface area contributed by atoms with Gasteiger partial charge in [-0.25, -0.2) is 4.79 Å². The second-order valence-electron chi connectivity index (χ2n) is 13.9. The third-order valence-corrected chi connectivity index (χ3v) is 9.42. The number of amides is 5. The number of nitriles is 1. The van der Waals surface area contributed by atoms with Gasteiger partial charge in [0.15, 0.2) is 0 Å². The minimum atomic E-state index is -4.60. The first-order valence-corrected chi connectivity index (χ1v) is 14.3. The van der Waals surface area contributed by atoms with Crippen LogP contribution in [0.5, 0.6) is 0 Å². The summed E-state index contributed by atoms with van der Waals surface area (Å²) in [5.41, 5.74) is -1.26. The van der Waals surface area contributed by atoms with Crippen molar-refractivity contribution < 1.29 is 32.3 Å². The number of hydrogen-bond donors (Lipinski definition) is 3. The van der Waals surface area contributed by atoms with Crippen molar-refractivity contribution in [2.24, 2.45) is 28.6 Å². The van der Waals surface area contributed by atoms with Crippen LogP contribution in [0.15, 0.2) is 0 Å². The van der Waals surface area contributed by atoms with Crippen molar-refractivity contribution in [2.75, 3.05) is 19.6 Å². The summed E-state index contributed by atoms with van der Waals surface area (Å²) < 4.78 is 39.1. The molecule has 1 spiro atoms. The van der Waals surface area contributed by atoms with Crippen LogP contribution >= 0.6 is 0 Å². The van der Waals surface area contributed by atoms with Gasteiger partial charge in [0.05, 0.1) is 6.07 Å². The van der Waals surface area contributed by atoms with E-state index in [-0.39, 0.29) is 54.1 Å². The lowest BCUT2D eigenvalue weighted by Crippen LogP contribution is -2.61. The third-order valence-electron chi connectivity index (χ3n) is 9.42. The number of halogens is 3. The highest BCUT2D eigenvalue weighted by Gasteiger charge is 2.70. The summed E-state index contributed by atoms with van der Waals surface area (Å²) in [7, 11) is 0. The summed E-state index contributed by atoms with van der Waals surface area (Å²) in [6.07, 6.45) is -1.99. The SMILES string of the molecule is CCN(CC(F)(F)F)C(=O)NC(C(=O)N1CC2C(C1C(=O)NC(C#N)CC1CC3(CC3)NC1=O)C2(C)C)C(C)(C)C. The number of rotatable bonds is 8. The molecule has 4 fully saturated rings. The van der Waals surface area contributed by atoms with Crippen LogP contribution in [0, 0.1) is 39.9 Å². The molecule has 41 heavy (non-hydrogen) atoms. The largest absolute Gasteiger partial charge is 0.406 e. The summed E-state index contributed by atoms with van der Waals surface area (Å²) >= 11 is 0. The molecule has 0 radical (unpaired) electrons. The molecule has 6 atom stereocenters. The molecule has 2 heterocycles. The van der Waals surface area contributed by atoms with Crippen molar-refractivity contribution >= 4 is 23.8 Å². The molecule has 0 aromatic heterocycles. The number of fused-ring (bicyclic) bond motifs is 1. The molecule has 2 aliphatic heterocycles. The highest BCUT2D eigenvalue weighted by Crippen LogP contribution is 2.65. The summed E-state index contributed by atoms with van der Waals surface area (Å²) in [6, 6.07) is -1.97. The van der Waals surface area contributed by atoms with Gasteiger partial charge in [-0.05, 0) is 55.3 Å². The van der Waals surface area contributed by atoms with E-state index < -0.39 is 54.1 Å². The number of piperidine rings is 1. The second-order valence-corrected chi connectivity index (χ2v) is 13.9. The van der Waals surface area contributed by atoms with E-state index in [9.17, 15) is 37.6 Å². The monoisotopic (exact) mass is 582 g/mol. The average Bonchev–Trinajstić information content (AvgIpc) is 3.57. The quantitative estimate of drug-likeness (QED) is 0.405. The molecule has 2 aliphatic carbocycles. The number of hydrogen-bond acceptors (Lipinski definition) is 5. The lowest BCUT2D eigenvalue weighted by atomic mass is 9.85. The van der Waals surface area contributed by atoms with Crippen molar-refractivity contribution in [3.63, 3.8) is 0 Å². The smallest absolute Gasteiger partial charge is 0.350 e. The summed E-state index contributed by atoms with van der Waals surface area (Å²) in [4.78, 5) is 54.9. The lowest BCUT2D eigenvalue weighted by Gasteiger charge is -2.38. The van der Waals surface area contributed by atoms with Crippen molar-refractivity contribution in [2.45, 2.75) is 97.1 Å². The zero-order chi connectivity index (χ0) is 30.7. The zero-order valence-corrected chi connectivity index (χ0v) is 24.5. The van der Waals surface area contributed by atoms with Crippen LogP contribution < -0.4 is 16.0 Å². The van der Waals surface area contributed by atoms with Crippen molar-refractivity contribution in [3.05, 3.63) is 0 Å². The van der Waals surface area contributed by atoms with Crippen LogP contribution in [0.1, 0.15) is 67.2 Å². The number of urea groups is 1. The molecule has 4 aliphatic rings. The van der Waals surface area contributed by atoms with E-state index in [0.29, 0.717) is 11.3 Å². The summed E-state index contributed by atoms with van der Waals surface area (Å²) in [6.45, 7) is 9.09. The Balaban J connectivity index is 1.50. The first-order chi connectivity index (χ1) is 18.8. The van der Waals surface area contributed by atoms with E-state index in [4.69, 9.17) is 0 Å². The van der Waals surface area contributed by atoms with Crippen LogP contribution in [0.25, 0.3) is 0 Å².